The summed E-state index contributed by atoms with van der Waals surface area (Å²) in [4.78, 5) is 12.1. The van der Waals surface area contributed by atoms with Crippen LogP contribution in [0.3, 0.4) is 0 Å². The van der Waals surface area contributed by atoms with Gasteiger partial charge in [-0.15, -0.1) is 0 Å². The molecule has 3 nitrogen and oxygen atoms in total. The van der Waals surface area contributed by atoms with Gasteiger partial charge in [0.1, 0.15) is 29.5 Å². The molecule has 0 unspecified atom stereocenters. The predicted octanol–water partition coefficient (Wildman–Crippen LogP) is 4.54. The minimum absolute atomic E-state index is 0.289. The summed E-state index contributed by atoms with van der Waals surface area (Å²) in [6, 6.07) is 15.3. The van der Waals surface area contributed by atoms with Gasteiger partial charge in [0.2, 0.25) is 0 Å². The van der Waals surface area contributed by atoms with Gasteiger partial charge in [-0.3, -0.25) is 4.79 Å². The molecule has 0 aliphatic rings. The van der Waals surface area contributed by atoms with Crippen LogP contribution >= 0.6 is 0 Å². The van der Waals surface area contributed by atoms with Gasteiger partial charge in [-0.1, -0.05) is 37.1 Å². The molecule has 0 aliphatic carbocycles. The summed E-state index contributed by atoms with van der Waals surface area (Å²) in [7, 11) is 0. The topological polar surface area (TPSA) is 35.5 Å². The van der Waals surface area contributed by atoms with E-state index < -0.39 is 0 Å². The second-order valence-electron chi connectivity index (χ2n) is 5.98. The van der Waals surface area contributed by atoms with E-state index in [1.54, 1.807) is 0 Å². The molecule has 0 heterocycles. The Morgan fingerprint density at radius 1 is 0.808 bits per heavy atom. The van der Waals surface area contributed by atoms with Gasteiger partial charge in [-0.05, 0) is 61.1 Å². The third-order valence-electron chi connectivity index (χ3n) is 3.99. The van der Waals surface area contributed by atoms with Crippen LogP contribution in [0.5, 0.6) is 11.5 Å². The van der Waals surface area contributed by atoms with Crippen molar-refractivity contribution in [3.05, 3.63) is 59.7 Å². The zero-order chi connectivity index (χ0) is 18.6. The number of aryl methyl sites for hydroxylation is 2. The zero-order valence-corrected chi connectivity index (χ0v) is 14.7. The molecule has 0 spiro atoms. The van der Waals surface area contributed by atoms with E-state index in [4.69, 9.17) is 22.3 Å². The molecule has 0 atom stereocenters. The van der Waals surface area contributed by atoms with E-state index in [-0.39, 0.29) is 5.78 Å². The molecular formula is C23H22O3. The lowest BCUT2D eigenvalue weighted by Gasteiger charge is -2.05. The minimum atomic E-state index is 0.289. The van der Waals surface area contributed by atoms with Crippen LogP contribution in [0.15, 0.2) is 48.5 Å². The van der Waals surface area contributed by atoms with Gasteiger partial charge in [0.25, 0.3) is 0 Å². The fourth-order valence-electron chi connectivity index (χ4n) is 2.77. The van der Waals surface area contributed by atoms with Crippen LogP contribution in [-0.4, -0.2) is 5.78 Å². The van der Waals surface area contributed by atoms with Crippen molar-refractivity contribution < 1.29 is 14.3 Å². The third kappa shape index (κ3) is 6.75. The fourth-order valence-corrected chi connectivity index (χ4v) is 2.77. The van der Waals surface area contributed by atoms with Crippen molar-refractivity contribution >= 4 is 5.78 Å². The number of hydrogen-bond donors (Lipinski definition) is 0. The van der Waals surface area contributed by atoms with Crippen molar-refractivity contribution in [2.45, 2.75) is 38.5 Å². The molecule has 2 rings (SSSR count). The maximum absolute atomic E-state index is 12.1. The Morgan fingerprint density at radius 2 is 1.27 bits per heavy atom. The number of Topliss-reactive ketones (excluding diaryl/α,β-unsaturated/α-hetero) is 1. The van der Waals surface area contributed by atoms with E-state index in [9.17, 15) is 4.79 Å². The zero-order valence-electron chi connectivity index (χ0n) is 14.7. The van der Waals surface area contributed by atoms with Crippen LogP contribution < -0.4 is 9.47 Å². The van der Waals surface area contributed by atoms with Crippen LogP contribution in [0.25, 0.3) is 0 Å². The van der Waals surface area contributed by atoms with E-state index in [0.29, 0.717) is 24.3 Å². The van der Waals surface area contributed by atoms with Crippen LogP contribution in [0, 0.1) is 25.1 Å². The number of ketones is 1. The quantitative estimate of drug-likeness (QED) is 0.593. The Hall–Kier alpha value is -3.17. The number of benzene rings is 2. The number of terminal acetylenes is 2. The highest BCUT2D eigenvalue weighted by Crippen LogP contribution is 2.17. The number of hydrogen-bond acceptors (Lipinski definition) is 3. The summed E-state index contributed by atoms with van der Waals surface area (Å²) in [5.74, 6) is 1.61. The summed E-state index contributed by atoms with van der Waals surface area (Å²) >= 11 is 0. The van der Waals surface area contributed by atoms with E-state index in [2.05, 4.69) is 12.2 Å². The smallest absolute Gasteiger partial charge is 0.140 e. The van der Waals surface area contributed by atoms with Crippen molar-refractivity contribution in [3.8, 4) is 36.6 Å². The van der Waals surface area contributed by atoms with Crippen LogP contribution in [0.2, 0.25) is 0 Å². The summed E-state index contributed by atoms with van der Waals surface area (Å²) in [5.41, 5.74) is 2.24. The second-order valence-corrected chi connectivity index (χ2v) is 5.98. The SMILES string of the molecule is C#COc1cccc(CCCC(=O)CCCc2cccc(OC#C)c2)c1. The van der Waals surface area contributed by atoms with E-state index in [1.807, 2.05) is 48.5 Å². The van der Waals surface area contributed by atoms with Crippen molar-refractivity contribution in [1.29, 1.82) is 0 Å². The molecule has 0 bridgehead atoms. The maximum atomic E-state index is 12.1. The Bertz CT molecular complexity index is 741. The number of rotatable bonds is 10. The van der Waals surface area contributed by atoms with Crippen LogP contribution in [0.1, 0.15) is 36.8 Å². The Labute approximate surface area is 155 Å². The van der Waals surface area contributed by atoms with Gasteiger partial charge in [0.15, 0.2) is 0 Å². The predicted molar refractivity (Wildman–Crippen MR) is 103 cm³/mol. The molecule has 0 N–H and O–H groups in total. The van der Waals surface area contributed by atoms with Gasteiger partial charge >= 0.3 is 0 Å². The molecule has 0 aliphatic heterocycles. The highest BCUT2D eigenvalue weighted by molar-refractivity contribution is 5.78. The summed E-state index contributed by atoms with van der Waals surface area (Å²) in [5, 5.41) is 0. The summed E-state index contributed by atoms with van der Waals surface area (Å²) in [6.45, 7) is 0. The normalized spacial score (nSPS) is 9.77. The molecule has 0 amide bonds. The highest BCUT2D eigenvalue weighted by atomic mass is 16.5. The van der Waals surface area contributed by atoms with Crippen LogP contribution in [0.4, 0.5) is 0 Å². The largest absolute Gasteiger partial charge is 0.408 e. The third-order valence-corrected chi connectivity index (χ3v) is 3.99. The van der Waals surface area contributed by atoms with Crippen LogP contribution in [-0.2, 0) is 17.6 Å². The van der Waals surface area contributed by atoms with Crippen molar-refractivity contribution in [2.24, 2.45) is 0 Å². The Morgan fingerprint density at radius 3 is 1.69 bits per heavy atom. The Kier molecular flexibility index (Phi) is 7.84. The second kappa shape index (κ2) is 10.6. The average molecular weight is 346 g/mol. The first-order chi connectivity index (χ1) is 12.7. The number of carbonyl (C=O) groups excluding carboxylic acids is 1. The first-order valence-electron chi connectivity index (χ1n) is 8.65. The summed E-state index contributed by atoms with van der Waals surface area (Å²) in [6.07, 6.45) is 19.1. The molecule has 0 aromatic heterocycles. The van der Waals surface area contributed by atoms with Gasteiger partial charge in [-0.25, -0.2) is 0 Å². The first kappa shape index (κ1) is 19.2. The summed E-state index contributed by atoms with van der Waals surface area (Å²) < 4.78 is 10.1. The molecule has 132 valence electrons. The van der Waals surface area contributed by atoms with Crippen molar-refractivity contribution in [1.82, 2.24) is 0 Å². The highest BCUT2D eigenvalue weighted by Gasteiger charge is 2.04. The molecule has 2 aromatic carbocycles. The molecule has 0 fully saturated rings. The minimum Gasteiger partial charge on any atom is -0.408 e. The molecule has 26 heavy (non-hydrogen) atoms. The maximum Gasteiger partial charge on any atom is 0.140 e. The molecular weight excluding hydrogens is 324 g/mol. The standard InChI is InChI=1S/C23H22O3/c1-3-25-22-15-7-11-19(17-22)9-5-13-21(24)14-6-10-20-12-8-16-23(18-20)26-4-2/h1-2,7-8,11-12,15-18H,5-6,9-10,13-14H2. The first-order valence-corrected chi connectivity index (χ1v) is 8.65. The molecule has 2 aromatic rings. The lowest BCUT2D eigenvalue weighted by atomic mass is 10.0. The van der Waals surface area contributed by atoms with Crippen molar-refractivity contribution in [3.63, 3.8) is 0 Å². The average Bonchev–Trinajstić information content (AvgIpc) is 2.63. The van der Waals surface area contributed by atoms with E-state index >= 15 is 0 Å². The number of carbonyl (C=O) groups is 1. The van der Waals surface area contributed by atoms with Gasteiger partial charge in [0, 0.05) is 12.8 Å². The molecule has 0 saturated heterocycles. The Balaban J connectivity index is 1.68. The van der Waals surface area contributed by atoms with E-state index in [0.717, 1.165) is 36.8 Å². The lowest BCUT2D eigenvalue weighted by molar-refractivity contribution is -0.119. The molecule has 0 saturated carbocycles. The van der Waals surface area contributed by atoms with Gasteiger partial charge in [0.05, 0.1) is 0 Å². The fraction of sp³-hybridized carbons (Fsp3) is 0.261. The van der Waals surface area contributed by atoms with Gasteiger partial charge in [-0.2, -0.15) is 0 Å². The molecule has 3 heteroatoms. The number of ether oxygens (including phenoxy) is 2. The monoisotopic (exact) mass is 346 g/mol. The van der Waals surface area contributed by atoms with Crippen molar-refractivity contribution in [2.75, 3.05) is 0 Å². The van der Waals surface area contributed by atoms with E-state index in [1.165, 1.54) is 0 Å². The molecule has 0 radical (unpaired) electrons. The van der Waals surface area contributed by atoms with Gasteiger partial charge < -0.3 is 9.47 Å². The lowest BCUT2D eigenvalue weighted by Crippen LogP contribution is -2.00.